The number of rotatable bonds is 5. The fraction of sp³-hybridized carbons (Fsp3) is 0.111. The van der Waals surface area contributed by atoms with E-state index in [1.165, 1.54) is 5.56 Å². The van der Waals surface area contributed by atoms with Gasteiger partial charge < -0.3 is 15.0 Å². The molecule has 0 saturated carbocycles. The van der Waals surface area contributed by atoms with Crippen molar-refractivity contribution < 1.29 is 9.53 Å². The summed E-state index contributed by atoms with van der Waals surface area (Å²) in [5, 5.41) is 5.05. The van der Waals surface area contributed by atoms with Gasteiger partial charge in [-0.25, -0.2) is 4.98 Å². The summed E-state index contributed by atoms with van der Waals surface area (Å²) >= 11 is 0. The Labute approximate surface area is 186 Å². The quantitative estimate of drug-likeness (QED) is 0.386. The highest BCUT2D eigenvalue weighted by molar-refractivity contribution is 6.13. The molecule has 0 saturated heterocycles. The minimum atomic E-state index is -0.207. The molecule has 0 aliphatic rings. The minimum absolute atomic E-state index is 0.207. The number of hydrogen-bond donors (Lipinski definition) is 2. The van der Waals surface area contributed by atoms with Crippen molar-refractivity contribution in [1.82, 2.24) is 15.3 Å². The molecule has 0 fully saturated rings. The molecule has 2 heterocycles. The molecule has 32 heavy (non-hydrogen) atoms. The normalized spacial score (nSPS) is 11.1. The maximum Gasteiger partial charge on any atom is 0.270 e. The highest BCUT2D eigenvalue weighted by Gasteiger charge is 2.17. The zero-order valence-electron chi connectivity index (χ0n) is 18.0. The molecule has 0 spiro atoms. The van der Waals surface area contributed by atoms with Crippen LogP contribution in [0.5, 0.6) is 5.75 Å². The number of fused-ring (bicyclic) bond motifs is 3. The molecule has 0 atom stereocenters. The number of aryl methyl sites for hydroxylation is 1. The average Bonchev–Trinajstić information content (AvgIpc) is 3.21. The first-order chi connectivity index (χ1) is 15.6. The van der Waals surface area contributed by atoms with E-state index in [1.54, 1.807) is 7.11 Å². The Balaban J connectivity index is 1.55. The largest absolute Gasteiger partial charge is 0.497 e. The van der Waals surface area contributed by atoms with Gasteiger partial charge in [-0.3, -0.25) is 4.79 Å². The lowest BCUT2D eigenvalue weighted by molar-refractivity contribution is 0.0946. The molecule has 0 unspecified atom stereocenters. The highest BCUT2D eigenvalue weighted by atomic mass is 16.5. The molecule has 5 heteroatoms. The van der Waals surface area contributed by atoms with Crippen LogP contribution in [0.15, 0.2) is 78.9 Å². The Morgan fingerprint density at radius 2 is 1.72 bits per heavy atom. The molecule has 2 N–H and O–H groups in total. The molecule has 0 radical (unpaired) electrons. The summed E-state index contributed by atoms with van der Waals surface area (Å²) in [7, 11) is 1.63. The molecular weight excluding hydrogens is 398 g/mol. The van der Waals surface area contributed by atoms with Crippen LogP contribution >= 0.6 is 0 Å². The lowest BCUT2D eigenvalue weighted by Crippen LogP contribution is -2.24. The van der Waals surface area contributed by atoms with Gasteiger partial charge in [-0.2, -0.15) is 0 Å². The molecule has 158 valence electrons. The number of methoxy groups -OCH3 is 1. The van der Waals surface area contributed by atoms with Gasteiger partial charge in [-0.05, 0) is 36.8 Å². The second kappa shape index (κ2) is 8.19. The number of hydrogen-bond acceptors (Lipinski definition) is 3. The summed E-state index contributed by atoms with van der Waals surface area (Å²) in [4.78, 5) is 21.3. The van der Waals surface area contributed by atoms with Crippen molar-refractivity contribution in [2.24, 2.45) is 0 Å². The topological polar surface area (TPSA) is 67.0 Å². The summed E-state index contributed by atoms with van der Waals surface area (Å²) in [5.74, 6) is 0.579. The van der Waals surface area contributed by atoms with E-state index in [-0.39, 0.29) is 5.91 Å². The van der Waals surface area contributed by atoms with Crippen LogP contribution in [0, 0.1) is 6.92 Å². The van der Waals surface area contributed by atoms with Crippen molar-refractivity contribution in [1.29, 1.82) is 0 Å². The lowest BCUT2D eigenvalue weighted by atomic mass is 10.0. The molecule has 1 amide bonds. The van der Waals surface area contributed by atoms with Gasteiger partial charge in [0.2, 0.25) is 0 Å². The van der Waals surface area contributed by atoms with Gasteiger partial charge in [0.05, 0.1) is 18.3 Å². The second-order valence-corrected chi connectivity index (χ2v) is 7.85. The minimum Gasteiger partial charge on any atom is -0.497 e. The number of carbonyl (C=O) groups is 1. The average molecular weight is 422 g/mol. The summed E-state index contributed by atoms with van der Waals surface area (Å²) in [5.41, 5.74) is 6.26. The first kappa shape index (κ1) is 19.8. The molecule has 0 aliphatic heterocycles. The van der Waals surface area contributed by atoms with E-state index >= 15 is 0 Å². The predicted molar refractivity (Wildman–Crippen MR) is 128 cm³/mol. The highest BCUT2D eigenvalue weighted by Crippen LogP contribution is 2.32. The number of aromatic amines is 1. The molecule has 0 bridgehead atoms. The van der Waals surface area contributed by atoms with Gasteiger partial charge in [-0.1, -0.05) is 60.2 Å². The maximum atomic E-state index is 13.1. The number of pyridine rings is 1. The van der Waals surface area contributed by atoms with E-state index in [0.717, 1.165) is 44.4 Å². The lowest BCUT2D eigenvalue weighted by Gasteiger charge is -2.09. The van der Waals surface area contributed by atoms with Gasteiger partial charge >= 0.3 is 0 Å². The first-order valence-electron chi connectivity index (χ1n) is 10.5. The monoisotopic (exact) mass is 421 g/mol. The third kappa shape index (κ3) is 3.69. The summed E-state index contributed by atoms with van der Waals surface area (Å²) in [6.45, 7) is 2.47. The Hall–Kier alpha value is -4.12. The third-order valence-corrected chi connectivity index (χ3v) is 5.67. The zero-order valence-corrected chi connectivity index (χ0v) is 18.0. The van der Waals surface area contributed by atoms with Crippen LogP contribution in [0.2, 0.25) is 0 Å². The number of ether oxygens (including phenoxy) is 1. The van der Waals surface area contributed by atoms with Crippen molar-refractivity contribution in [2.75, 3.05) is 7.11 Å². The van der Waals surface area contributed by atoms with Gasteiger partial charge in [-0.15, -0.1) is 0 Å². The van der Waals surface area contributed by atoms with Crippen molar-refractivity contribution in [3.63, 3.8) is 0 Å². The van der Waals surface area contributed by atoms with Crippen molar-refractivity contribution in [2.45, 2.75) is 13.5 Å². The predicted octanol–water partition coefficient (Wildman–Crippen LogP) is 5.63. The van der Waals surface area contributed by atoms with E-state index in [4.69, 9.17) is 9.72 Å². The van der Waals surface area contributed by atoms with Crippen LogP contribution in [0.4, 0.5) is 0 Å². The van der Waals surface area contributed by atoms with Crippen LogP contribution in [-0.2, 0) is 6.54 Å². The fourth-order valence-electron chi connectivity index (χ4n) is 3.90. The van der Waals surface area contributed by atoms with Crippen LogP contribution in [-0.4, -0.2) is 23.0 Å². The van der Waals surface area contributed by atoms with Crippen molar-refractivity contribution >= 4 is 27.7 Å². The number of benzene rings is 3. The van der Waals surface area contributed by atoms with E-state index in [1.807, 2.05) is 60.7 Å². The van der Waals surface area contributed by atoms with Crippen LogP contribution < -0.4 is 10.1 Å². The Kier molecular flexibility index (Phi) is 5.07. The van der Waals surface area contributed by atoms with Gasteiger partial charge in [0.15, 0.2) is 0 Å². The van der Waals surface area contributed by atoms with Crippen molar-refractivity contribution in [3.05, 3.63) is 95.7 Å². The number of aromatic nitrogens is 2. The number of nitrogens with zero attached hydrogens (tertiary/aromatic N) is 1. The summed E-state index contributed by atoms with van der Waals surface area (Å²) < 4.78 is 5.19. The first-order valence-corrected chi connectivity index (χ1v) is 10.5. The van der Waals surface area contributed by atoms with Crippen LogP contribution in [0.3, 0.4) is 0 Å². The molecule has 3 aromatic carbocycles. The molecule has 5 nitrogen and oxygen atoms in total. The molecule has 2 aromatic heterocycles. The molecular formula is C27H23N3O2. The number of carbonyl (C=O) groups excluding carboxylic acids is 1. The maximum absolute atomic E-state index is 13.1. The van der Waals surface area contributed by atoms with Gasteiger partial charge in [0.1, 0.15) is 11.4 Å². The number of amides is 1. The van der Waals surface area contributed by atoms with Crippen LogP contribution in [0.25, 0.3) is 33.1 Å². The Morgan fingerprint density at radius 1 is 0.969 bits per heavy atom. The van der Waals surface area contributed by atoms with Gasteiger partial charge in [0.25, 0.3) is 5.91 Å². The standard InChI is InChI=1S/C27H23N3O2/c1-17-7-11-19(12-8-17)25-26-22(21-5-3-4-6-23(21)29-26)15-24(30-25)27(31)28-16-18-9-13-20(32-2)14-10-18/h3-15,29H,16H2,1-2H3,(H,28,31). The summed E-state index contributed by atoms with van der Waals surface area (Å²) in [6.07, 6.45) is 0. The zero-order chi connectivity index (χ0) is 22.1. The van der Waals surface area contributed by atoms with Gasteiger partial charge in [0, 0.05) is 28.4 Å². The SMILES string of the molecule is COc1ccc(CNC(=O)c2cc3c([nH]c4ccccc43)c(-c3ccc(C)cc3)n2)cc1. The molecule has 5 rings (SSSR count). The van der Waals surface area contributed by atoms with E-state index in [2.05, 4.69) is 35.4 Å². The van der Waals surface area contributed by atoms with Crippen molar-refractivity contribution in [3.8, 4) is 17.0 Å². The third-order valence-electron chi connectivity index (χ3n) is 5.67. The second-order valence-electron chi connectivity index (χ2n) is 7.85. The number of para-hydroxylation sites is 1. The van der Waals surface area contributed by atoms with Crippen LogP contribution in [0.1, 0.15) is 21.6 Å². The van der Waals surface area contributed by atoms with E-state index < -0.39 is 0 Å². The molecule has 0 aliphatic carbocycles. The fourth-order valence-corrected chi connectivity index (χ4v) is 3.90. The number of H-pyrrole nitrogens is 1. The Morgan fingerprint density at radius 3 is 2.47 bits per heavy atom. The van der Waals surface area contributed by atoms with E-state index in [9.17, 15) is 4.79 Å². The molecule has 5 aromatic rings. The summed E-state index contributed by atoms with van der Waals surface area (Å²) in [6, 6.07) is 25.8. The number of nitrogens with one attached hydrogen (secondary N) is 2. The van der Waals surface area contributed by atoms with E-state index in [0.29, 0.717) is 12.2 Å². The Bertz CT molecular complexity index is 1420. The smallest absolute Gasteiger partial charge is 0.270 e.